The summed E-state index contributed by atoms with van der Waals surface area (Å²) in [5.74, 6) is -2.93. The molecule has 0 aliphatic rings. The molecule has 2 rings (SSSR count). The molecule has 0 fully saturated rings. The van der Waals surface area contributed by atoms with Crippen molar-refractivity contribution in [1.29, 1.82) is 0 Å². The van der Waals surface area contributed by atoms with Crippen molar-refractivity contribution in [1.82, 2.24) is 19.9 Å². The van der Waals surface area contributed by atoms with Gasteiger partial charge in [-0.2, -0.15) is 0 Å². The number of aliphatic imine (C=N–C) groups is 2. The Morgan fingerprint density at radius 2 is 1.21 bits per heavy atom. The molecule has 0 bridgehead atoms. The van der Waals surface area contributed by atoms with E-state index in [4.69, 9.17) is 11.5 Å². The van der Waals surface area contributed by atoms with Crippen LogP contribution in [-0.2, 0) is 0 Å². The van der Waals surface area contributed by atoms with Gasteiger partial charge >= 0.3 is 0 Å². The number of nitrogens with zero attached hydrogens (tertiary/aromatic N) is 6. The minimum atomic E-state index is -2.15. The van der Waals surface area contributed by atoms with Gasteiger partial charge in [0.05, 0.1) is 12.5 Å². The molecule has 10 heteroatoms. The van der Waals surface area contributed by atoms with Crippen LogP contribution in [-0.4, -0.2) is 54.3 Å². The fourth-order valence-corrected chi connectivity index (χ4v) is 2.50. The lowest BCUT2D eigenvalue weighted by atomic mass is 10.1. The third-order valence-corrected chi connectivity index (χ3v) is 3.93. The van der Waals surface area contributed by atoms with Crippen LogP contribution in [0, 0.1) is 33.6 Å². The molecule has 1 atom stereocenters. The second kappa shape index (κ2) is 8.36. The molecule has 28 heavy (non-hydrogen) atoms. The van der Waals surface area contributed by atoms with Crippen LogP contribution in [0.25, 0.3) is 0 Å². The van der Waals surface area contributed by atoms with E-state index in [1.807, 2.05) is 0 Å². The molecule has 0 saturated carbocycles. The monoisotopic (exact) mass is 386 g/mol. The average Bonchev–Trinajstić information content (AvgIpc) is 2.59. The summed E-state index contributed by atoms with van der Waals surface area (Å²) >= 11 is 0. The van der Waals surface area contributed by atoms with Crippen LogP contribution in [0.2, 0.25) is 0 Å². The first kappa shape index (κ1) is 21.3. The standard InChI is InChI=1S/C18H26N8O2/c1-9(8-27)18(28,25-14(19)16-21-10(2)6-11(3)22-16)26-15(20)17-23-12(4)7-13(5)24-17/h6-7,9,27-28H,8H2,1-5H3,(H2,19,25)(H2,20,26). The Morgan fingerprint density at radius 1 is 0.893 bits per heavy atom. The lowest BCUT2D eigenvalue weighted by molar-refractivity contribution is -0.0168. The van der Waals surface area contributed by atoms with Crippen LogP contribution in [0.4, 0.5) is 0 Å². The van der Waals surface area contributed by atoms with E-state index in [0.717, 1.165) is 0 Å². The molecule has 0 radical (unpaired) electrons. The van der Waals surface area contributed by atoms with Crippen LogP contribution in [0.5, 0.6) is 0 Å². The molecule has 0 aliphatic heterocycles. The number of hydrogen-bond donors (Lipinski definition) is 4. The maximum absolute atomic E-state index is 11.0. The van der Waals surface area contributed by atoms with Gasteiger partial charge in [0.25, 0.3) is 5.85 Å². The van der Waals surface area contributed by atoms with E-state index < -0.39 is 18.4 Å². The first-order chi connectivity index (χ1) is 13.0. The van der Waals surface area contributed by atoms with E-state index in [2.05, 4.69) is 29.9 Å². The highest BCUT2D eigenvalue weighted by molar-refractivity contribution is 5.96. The van der Waals surface area contributed by atoms with Crippen molar-refractivity contribution in [2.24, 2.45) is 27.4 Å². The molecule has 2 aromatic rings. The van der Waals surface area contributed by atoms with Crippen LogP contribution in [0.1, 0.15) is 41.3 Å². The van der Waals surface area contributed by atoms with Crippen LogP contribution in [0.3, 0.4) is 0 Å². The number of amidine groups is 2. The summed E-state index contributed by atoms with van der Waals surface area (Å²) in [6.45, 7) is 8.32. The maximum atomic E-state index is 11.0. The molecular weight excluding hydrogens is 360 g/mol. The van der Waals surface area contributed by atoms with Gasteiger partial charge in [0.15, 0.2) is 23.3 Å². The van der Waals surface area contributed by atoms with Crippen molar-refractivity contribution >= 4 is 11.7 Å². The van der Waals surface area contributed by atoms with Crippen molar-refractivity contribution < 1.29 is 10.2 Å². The van der Waals surface area contributed by atoms with E-state index >= 15 is 0 Å². The van der Waals surface area contributed by atoms with E-state index in [-0.39, 0.29) is 23.3 Å². The lowest BCUT2D eigenvalue weighted by Gasteiger charge is -2.25. The first-order valence-corrected chi connectivity index (χ1v) is 8.73. The second-order valence-electron chi connectivity index (χ2n) is 6.71. The van der Waals surface area contributed by atoms with Crippen molar-refractivity contribution in [3.63, 3.8) is 0 Å². The summed E-state index contributed by atoms with van der Waals surface area (Å²) in [5, 5.41) is 20.6. The van der Waals surface area contributed by atoms with Gasteiger partial charge < -0.3 is 21.7 Å². The molecule has 2 heterocycles. The second-order valence-corrected chi connectivity index (χ2v) is 6.71. The molecular formula is C18H26N8O2. The van der Waals surface area contributed by atoms with Gasteiger partial charge in [-0.1, -0.05) is 6.92 Å². The van der Waals surface area contributed by atoms with Crippen molar-refractivity contribution in [3.8, 4) is 0 Å². The Kier molecular flexibility index (Phi) is 6.37. The zero-order valence-electron chi connectivity index (χ0n) is 16.7. The normalized spacial score (nSPS) is 16.0. The molecule has 0 amide bonds. The number of aliphatic hydroxyl groups is 2. The Labute approximate surface area is 163 Å². The van der Waals surface area contributed by atoms with Gasteiger partial charge in [-0.3, -0.25) is 0 Å². The zero-order chi connectivity index (χ0) is 21.1. The Balaban J connectivity index is 2.53. The van der Waals surface area contributed by atoms with Gasteiger partial charge in [0, 0.05) is 22.8 Å². The lowest BCUT2D eigenvalue weighted by Crippen LogP contribution is -2.40. The maximum Gasteiger partial charge on any atom is 0.262 e. The number of nitrogens with two attached hydrogens (primary N) is 2. The molecule has 2 aromatic heterocycles. The van der Waals surface area contributed by atoms with Gasteiger partial charge in [-0.15, -0.1) is 0 Å². The topological polar surface area (TPSA) is 169 Å². The first-order valence-electron chi connectivity index (χ1n) is 8.73. The summed E-state index contributed by atoms with van der Waals surface area (Å²) < 4.78 is 0. The van der Waals surface area contributed by atoms with Crippen LogP contribution in [0.15, 0.2) is 22.1 Å². The number of aryl methyl sites for hydroxylation is 4. The van der Waals surface area contributed by atoms with Crippen molar-refractivity contribution in [2.45, 2.75) is 40.5 Å². The summed E-state index contributed by atoms with van der Waals surface area (Å²) in [4.78, 5) is 25.0. The smallest absolute Gasteiger partial charge is 0.262 e. The van der Waals surface area contributed by atoms with E-state index in [0.29, 0.717) is 22.8 Å². The predicted molar refractivity (Wildman–Crippen MR) is 106 cm³/mol. The zero-order valence-corrected chi connectivity index (χ0v) is 16.7. The Morgan fingerprint density at radius 3 is 1.50 bits per heavy atom. The quantitative estimate of drug-likeness (QED) is 0.393. The molecule has 0 saturated heterocycles. The minimum Gasteiger partial charge on any atom is -0.396 e. The van der Waals surface area contributed by atoms with E-state index in [1.54, 1.807) is 46.8 Å². The fourth-order valence-electron chi connectivity index (χ4n) is 2.50. The number of rotatable bonds is 6. The molecule has 10 nitrogen and oxygen atoms in total. The van der Waals surface area contributed by atoms with E-state index in [1.165, 1.54) is 0 Å². The number of hydrogen-bond acceptors (Lipinski definition) is 8. The molecule has 0 spiro atoms. The number of aromatic nitrogens is 4. The van der Waals surface area contributed by atoms with Gasteiger partial charge in [-0.05, 0) is 39.8 Å². The summed E-state index contributed by atoms with van der Waals surface area (Å²) in [6, 6.07) is 3.57. The third kappa shape index (κ3) is 5.05. The highest BCUT2D eigenvalue weighted by Crippen LogP contribution is 2.22. The van der Waals surface area contributed by atoms with E-state index in [9.17, 15) is 10.2 Å². The SMILES string of the molecule is Cc1cc(C)nc(C(N)=NC(O)(N=C(N)c2nc(C)cc(C)n2)C(C)CO)n1. The molecule has 6 N–H and O–H groups in total. The van der Waals surface area contributed by atoms with Crippen LogP contribution < -0.4 is 11.5 Å². The highest BCUT2D eigenvalue weighted by atomic mass is 16.3. The minimum absolute atomic E-state index is 0.132. The van der Waals surface area contributed by atoms with Gasteiger partial charge in [0.2, 0.25) is 0 Å². The molecule has 0 aliphatic carbocycles. The third-order valence-electron chi connectivity index (χ3n) is 3.93. The van der Waals surface area contributed by atoms with Gasteiger partial charge in [-0.25, -0.2) is 29.9 Å². The largest absolute Gasteiger partial charge is 0.396 e. The fraction of sp³-hybridized carbons (Fsp3) is 0.444. The molecule has 150 valence electrons. The predicted octanol–water partition coefficient (Wildman–Crippen LogP) is -0.114. The Bertz CT molecular complexity index is 818. The highest BCUT2D eigenvalue weighted by Gasteiger charge is 2.34. The summed E-state index contributed by atoms with van der Waals surface area (Å²) in [6.07, 6.45) is 0. The summed E-state index contributed by atoms with van der Waals surface area (Å²) in [7, 11) is 0. The Hall–Kier alpha value is -2.98. The van der Waals surface area contributed by atoms with Crippen molar-refractivity contribution in [2.75, 3.05) is 6.61 Å². The number of aliphatic hydroxyl groups excluding tert-OH is 1. The molecule has 1 unspecified atom stereocenters. The summed E-state index contributed by atoms with van der Waals surface area (Å²) in [5.41, 5.74) is 14.8. The average molecular weight is 386 g/mol. The molecule has 0 aromatic carbocycles. The van der Waals surface area contributed by atoms with Gasteiger partial charge in [0.1, 0.15) is 0 Å². The van der Waals surface area contributed by atoms with Crippen molar-refractivity contribution in [3.05, 3.63) is 46.6 Å². The van der Waals surface area contributed by atoms with Crippen LogP contribution >= 0.6 is 0 Å².